The lowest BCUT2D eigenvalue weighted by Crippen LogP contribution is -2.49. The molecule has 0 amide bonds. The Labute approximate surface area is 134 Å². The third-order valence-electron chi connectivity index (χ3n) is 3.77. The lowest BCUT2D eigenvalue weighted by Gasteiger charge is -2.34. The molecule has 1 aliphatic heterocycles. The molecule has 1 aliphatic rings. The minimum absolute atomic E-state index is 0.0569. The number of fused-ring (bicyclic) bond motifs is 1. The van der Waals surface area contributed by atoms with Crippen LogP contribution in [-0.2, 0) is 10.2 Å². The molecule has 7 nitrogen and oxygen atoms in total. The maximum atomic E-state index is 12.3. The third-order valence-corrected chi connectivity index (χ3v) is 6.50. The minimum atomic E-state index is -3.36. The number of thiophene rings is 1. The second-order valence-electron chi connectivity index (χ2n) is 5.49. The van der Waals surface area contributed by atoms with E-state index in [1.165, 1.54) is 8.61 Å². The Morgan fingerprint density at radius 3 is 3.00 bits per heavy atom. The van der Waals surface area contributed by atoms with E-state index in [-0.39, 0.29) is 6.04 Å². The van der Waals surface area contributed by atoms with Crippen LogP contribution in [0.4, 0.5) is 5.82 Å². The Hall–Kier alpha value is -1.29. The molecule has 0 bridgehead atoms. The van der Waals surface area contributed by atoms with Gasteiger partial charge in [0.25, 0.3) is 10.2 Å². The van der Waals surface area contributed by atoms with Gasteiger partial charge in [0.1, 0.15) is 17.0 Å². The van der Waals surface area contributed by atoms with Crippen molar-refractivity contribution >= 4 is 37.6 Å². The van der Waals surface area contributed by atoms with E-state index in [1.807, 2.05) is 11.4 Å². The Kier molecular flexibility index (Phi) is 4.31. The van der Waals surface area contributed by atoms with Crippen molar-refractivity contribution in [1.82, 2.24) is 18.6 Å². The Balaban J connectivity index is 1.77. The van der Waals surface area contributed by atoms with Gasteiger partial charge in [0.05, 0.1) is 5.39 Å². The van der Waals surface area contributed by atoms with Gasteiger partial charge < -0.3 is 5.32 Å². The minimum Gasteiger partial charge on any atom is -0.365 e. The SMILES string of the molecule is CN(C)S(=O)(=O)N1CCC[C@@H](Nc2ncnc3sccc23)C1. The lowest BCUT2D eigenvalue weighted by molar-refractivity contribution is 0.308. The van der Waals surface area contributed by atoms with Crippen molar-refractivity contribution in [2.24, 2.45) is 0 Å². The standard InChI is InChI=1S/C13H19N5O2S2/c1-17(2)22(19,20)18-6-3-4-10(8-18)16-12-11-5-7-21-13(11)15-9-14-12/h5,7,9-10H,3-4,6,8H2,1-2H3,(H,14,15,16)/t10-/m1/s1. The van der Waals surface area contributed by atoms with Crippen molar-refractivity contribution in [1.29, 1.82) is 0 Å². The van der Waals surface area contributed by atoms with E-state index in [0.29, 0.717) is 13.1 Å². The molecule has 22 heavy (non-hydrogen) atoms. The van der Waals surface area contributed by atoms with Gasteiger partial charge >= 0.3 is 0 Å². The Bertz CT molecular complexity index is 759. The van der Waals surface area contributed by atoms with Crippen molar-refractivity contribution in [3.63, 3.8) is 0 Å². The number of hydrogen-bond donors (Lipinski definition) is 1. The zero-order chi connectivity index (χ0) is 15.7. The van der Waals surface area contributed by atoms with Crippen molar-refractivity contribution in [2.45, 2.75) is 18.9 Å². The largest absolute Gasteiger partial charge is 0.365 e. The number of hydrogen-bond acceptors (Lipinski definition) is 6. The van der Waals surface area contributed by atoms with E-state index in [9.17, 15) is 8.42 Å². The number of anilines is 1. The summed E-state index contributed by atoms with van der Waals surface area (Å²) in [6.45, 7) is 1.02. The van der Waals surface area contributed by atoms with Crippen LogP contribution in [0.25, 0.3) is 10.2 Å². The van der Waals surface area contributed by atoms with Gasteiger partial charge in [-0.2, -0.15) is 17.0 Å². The summed E-state index contributed by atoms with van der Waals surface area (Å²) >= 11 is 1.57. The first kappa shape index (κ1) is 15.6. The quantitative estimate of drug-likeness (QED) is 0.909. The number of aromatic nitrogens is 2. The van der Waals surface area contributed by atoms with E-state index < -0.39 is 10.2 Å². The van der Waals surface area contributed by atoms with E-state index >= 15 is 0 Å². The van der Waals surface area contributed by atoms with Crippen LogP contribution >= 0.6 is 11.3 Å². The smallest absolute Gasteiger partial charge is 0.281 e. The van der Waals surface area contributed by atoms with E-state index in [4.69, 9.17) is 0 Å². The van der Waals surface area contributed by atoms with Crippen LogP contribution in [0.15, 0.2) is 17.8 Å². The highest BCUT2D eigenvalue weighted by Gasteiger charge is 2.30. The van der Waals surface area contributed by atoms with Gasteiger partial charge in [-0.25, -0.2) is 9.97 Å². The zero-order valence-corrected chi connectivity index (χ0v) is 14.2. The fourth-order valence-electron chi connectivity index (χ4n) is 2.60. The molecular weight excluding hydrogens is 322 g/mol. The van der Waals surface area contributed by atoms with E-state index in [2.05, 4.69) is 15.3 Å². The molecule has 0 unspecified atom stereocenters. The summed E-state index contributed by atoms with van der Waals surface area (Å²) in [6, 6.07) is 2.04. The molecule has 2 aromatic rings. The van der Waals surface area contributed by atoms with Gasteiger partial charge in [-0.1, -0.05) is 0 Å². The molecule has 0 spiro atoms. The lowest BCUT2D eigenvalue weighted by atomic mass is 10.1. The van der Waals surface area contributed by atoms with Gasteiger partial charge in [-0.3, -0.25) is 0 Å². The summed E-state index contributed by atoms with van der Waals surface area (Å²) in [5, 5.41) is 6.35. The van der Waals surface area contributed by atoms with E-state index in [1.54, 1.807) is 31.8 Å². The zero-order valence-electron chi connectivity index (χ0n) is 12.6. The van der Waals surface area contributed by atoms with Crippen molar-refractivity contribution in [3.8, 4) is 0 Å². The van der Waals surface area contributed by atoms with Crippen LogP contribution in [0.3, 0.4) is 0 Å². The molecule has 1 atom stereocenters. The predicted octanol–water partition coefficient (Wildman–Crippen LogP) is 1.37. The molecule has 1 saturated heterocycles. The second-order valence-corrected chi connectivity index (χ2v) is 8.53. The van der Waals surface area contributed by atoms with Crippen LogP contribution < -0.4 is 5.32 Å². The molecule has 9 heteroatoms. The first-order valence-corrected chi connectivity index (χ1v) is 9.38. The predicted molar refractivity (Wildman–Crippen MR) is 88.2 cm³/mol. The maximum Gasteiger partial charge on any atom is 0.281 e. The normalized spacial score (nSPS) is 20.6. The molecule has 0 aliphatic carbocycles. The molecule has 0 aromatic carbocycles. The molecular formula is C13H19N5O2S2. The highest BCUT2D eigenvalue weighted by atomic mass is 32.2. The molecule has 3 rings (SSSR count). The number of nitrogens with zero attached hydrogens (tertiary/aromatic N) is 4. The number of nitrogens with one attached hydrogen (secondary N) is 1. The van der Waals surface area contributed by atoms with Crippen LogP contribution in [0, 0.1) is 0 Å². The monoisotopic (exact) mass is 341 g/mol. The second kappa shape index (κ2) is 6.07. The first-order chi connectivity index (χ1) is 10.5. The van der Waals surface area contributed by atoms with E-state index in [0.717, 1.165) is 28.9 Å². The third kappa shape index (κ3) is 2.94. The summed E-state index contributed by atoms with van der Waals surface area (Å²) in [7, 11) is -0.238. The van der Waals surface area contributed by atoms with Gasteiger partial charge in [0, 0.05) is 33.2 Å². The summed E-state index contributed by atoms with van der Waals surface area (Å²) in [5.41, 5.74) is 0. The number of rotatable bonds is 4. The fraction of sp³-hybridized carbons (Fsp3) is 0.538. The number of piperidine rings is 1. The molecule has 0 radical (unpaired) electrons. The average Bonchev–Trinajstić information content (AvgIpc) is 2.97. The highest BCUT2D eigenvalue weighted by Crippen LogP contribution is 2.26. The summed E-state index contributed by atoms with van der Waals surface area (Å²) in [5.74, 6) is 0.778. The molecule has 3 heterocycles. The summed E-state index contributed by atoms with van der Waals surface area (Å²) < 4.78 is 27.3. The topological polar surface area (TPSA) is 78.4 Å². The van der Waals surface area contributed by atoms with Crippen molar-refractivity contribution in [3.05, 3.63) is 17.8 Å². The van der Waals surface area contributed by atoms with Crippen molar-refractivity contribution < 1.29 is 8.42 Å². The highest BCUT2D eigenvalue weighted by molar-refractivity contribution is 7.86. The Morgan fingerprint density at radius 2 is 2.23 bits per heavy atom. The van der Waals surface area contributed by atoms with Gasteiger partial charge in [-0.15, -0.1) is 11.3 Å². The average molecular weight is 341 g/mol. The summed E-state index contributed by atoms with van der Waals surface area (Å²) in [4.78, 5) is 9.46. The molecule has 2 aromatic heterocycles. The molecule has 0 saturated carbocycles. The van der Waals surface area contributed by atoms with Gasteiger partial charge in [0.2, 0.25) is 0 Å². The van der Waals surface area contributed by atoms with Crippen LogP contribution in [-0.4, -0.2) is 60.2 Å². The first-order valence-electron chi connectivity index (χ1n) is 7.11. The van der Waals surface area contributed by atoms with Crippen molar-refractivity contribution in [2.75, 3.05) is 32.5 Å². The van der Waals surface area contributed by atoms with Gasteiger partial charge in [-0.05, 0) is 24.3 Å². The Morgan fingerprint density at radius 1 is 1.41 bits per heavy atom. The molecule has 120 valence electrons. The molecule has 1 fully saturated rings. The van der Waals surface area contributed by atoms with Crippen LogP contribution in [0.2, 0.25) is 0 Å². The maximum absolute atomic E-state index is 12.3. The van der Waals surface area contributed by atoms with Crippen LogP contribution in [0.1, 0.15) is 12.8 Å². The van der Waals surface area contributed by atoms with Gasteiger partial charge in [0.15, 0.2) is 0 Å². The summed E-state index contributed by atoms with van der Waals surface area (Å²) in [6.07, 6.45) is 3.30. The fourth-order valence-corrected chi connectivity index (χ4v) is 4.52. The molecule has 1 N–H and O–H groups in total. The van der Waals surface area contributed by atoms with Crippen LogP contribution in [0.5, 0.6) is 0 Å².